The second-order valence-electron chi connectivity index (χ2n) is 7.96. The molecule has 0 aromatic heterocycles. The van der Waals surface area contributed by atoms with E-state index in [0.29, 0.717) is 5.75 Å². The minimum atomic E-state index is -0.197. The van der Waals surface area contributed by atoms with Crippen LogP contribution in [0, 0.1) is 5.92 Å². The lowest BCUT2D eigenvalue weighted by molar-refractivity contribution is -0.137. The number of para-hydroxylation sites is 1. The van der Waals surface area contributed by atoms with Gasteiger partial charge in [-0.1, -0.05) is 121 Å². The molecular weight excluding hydrogens is 344 g/mol. The molecule has 0 heterocycles. The highest BCUT2D eigenvalue weighted by Crippen LogP contribution is 2.18. The highest BCUT2D eigenvalue weighted by Gasteiger charge is 2.16. The van der Waals surface area contributed by atoms with E-state index in [2.05, 4.69) is 13.5 Å². The number of carbonyl (C=O) groups is 1. The molecular formula is C26H42O2. The number of hydrogen-bond acceptors (Lipinski definition) is 2. The molecule has 0 spiro atoms. The number of hydrogen-bond donors (Lipinski definition) is 0. The molecule has 0 aliphatic rings. The molecule has 2 heteroatoms. The van der Waals surface area contributed by atoms with E-state index < -0.39 is 0 Å². The minimum Gasteiger partial charge on any atom is -0.426 e. The van der Waals surface area contributed by atoms with Gasteiger partial charge >= 0.3 is 5.97 Å². The summed E-state index contributed by atoms with van der Waals surface area (Å²) in [6.45, 7) is 6.08. The van der Waals surface area contributed by atoms with Crippen molar-refractivity contribution in [1.82, 2.24) is 0 Å². The summed E-state index contributed by atoms with van der Waals surface area (Å²) in [5.74, 6) is 0.230. The number of unbranched alkanes of at least 4 members (excludes halogenated alkanes) is 13. The number of benzene rings is 1. The summed E-state index contributed by atoms with van der Waals surface area (Å²) in [6.07, 6.45) is 21.4. The summed E-state index contributed by atoms with van der Waals surface area (Å²) >= 11 is 0. The third-order valence-electron chi connectivity index (χ3n) is 5.42. The van der Waals surface area contributed by atoms with Gasteiger partial charge in [0.2, 0.25) is 0 Å². The van der Waals surface area contributed by atoms with Crippen molar-refractivity contribution in [3.05, 3.63) is 43.0 Å². The summed E-state index contributed by atoms with van der Waals surface area (Å²) < 4.78 is 5.43. The monoisotopic (exact) mass is 386 g/mol. The van der Waals surface area contributed by atoms with Crippen LogP contribution in [0.15, 0.2) is 43.0 Å². The standard InChI is InChI=1S/C26H42O2/c1-3-5-6-7-8-9-10-11-12-13-14-15-16-18-21-24(4-2)26(27)28-25-22-19-17-20-23-25/h4,17,19-20,22-24H,2-3,5-16,18,21H2,1H3. The van der Waals surface area contributed by atoms with Crippen LogP contribution in [0.5, 0.6) is 5.75 Å². The maximum Gasteiger partial charge on any atom is 0.318 e. The average molecular weight is 387 g/mol. The van der Waals surface area contributed by atoms with Gasteiger partial charge < -0.3 is 4.74 Å². The lowest BCUT2D eigenvalue weighted by Crippen LogP contribution is -2.18. The maximum atomic E-state index is 12.2. The predicted octanol–water partition coefficient (Wildman–Crippen LogP) is 8.27. The molecule has 0 amide bonds. The third kappa shape index (κ3) is 12.8. The Bertz CT molecular complexity index is 494. The lowest BCUT2D eigenvalue weighted by atomic mass is 10.00. The second kappa shape index (κ2) is 17.5. The molecule has 0 aliphatic heterocycles. The van der Waals surface area contributed by atoms with E-state index in [-0.39, 0.29) is 11.9 Å². The van der Waals surface area contributed by atoms with Crippen molar-refractivity contribution in [2.75, 3.05) is 0 Å². The van der Waals surface area contributed by atoms with Gasteiger partial charge in [-0.2, -0.15) is 0 Å². The molecule has 0 N–H and O–H groups in total. The number of ether oxygens (including phenoxy) is 1. The van der Waals surface area contributed by atoms with Gasteiger partial charge in [-0.05, 0) is 18.6 Å². The average Bonchev–Trinajstić information content (AvgIpc) is 2.71. The van der Waals surface area contributed by atoms with Crippen molar-refractivity contribution in [1.29, 1.82) is 0 Å². The number of esters is 1. The quantitative estimate of drug-likeness (QED) is 0.110. The van der Waals surface area contributed by atoms with E-state index >= 15 is 0 Å². The van der Waals surface area contributed by atoms with Crippen molar-refractivity contribution in [3.63, 3.8) is 0 Å². The fraction of sp³-hybridized carbons (Fsp3) is 0.654. The summed E-state index contributed by atoms with van der Waals surface area (Å²) in [7, 11) is 0. The van der Waals surface area contributed by atoms with Crippen molar-refractivity contribution >= 4 is 5.97 Å². The first-order chi connectivity index (χ1) is 13.8. The summed E-state index contributed by atoms with van der Waals surface area (Å²) in [4.78, 5) is 12.2. The maximum absolute atomic E-state index is 12.2. The molecule has 0 saturated heterocycles. The first-order valence-electron chi connectivity index (χ1n) is 11.7. The van der Waals surface area contributed by atoms with Gasteiger partial charge in [-0.3, -0.25) is 4.79 Å². The molecule has 1 aromatic rings. The fourth-order valence-corrected chi connectivity index (χ4v) is 3.57. The Morgan fingerprint density at radius 3 is 1.75 bits per heavy atom. The zero-order chi connectivity index (χ0) is 20.3. The van der Waals surface area contributed by atoms with Crippen LogP contribution in [0.3, 0.4) is 0 Å². The van der Waals surface area contributed by atoms with E-state index in [4.69, 9.17) is 4.74 Å². The number of rotatable bonds is 18. The van der Waals surface area contributed by atoms with Gasteiger partial charge in [-0.25, -0.2) is 0 Å². The van der Waals surface area contributed by atoms with Crippen LogP contribution in [0.2, 0.25) is 0 Å². The Morgan fingerprint density at radius 2 is 1.29 bits per heavy atom. The molecule has 0 bridgehead atoms. The van der Waals surface area contributed by atoms with Crippen molar-refractivity contribution in [2.45, 2.75) is 103 Å². The molecule has 0 fully saturated rings. The molecule has 0 saturated carbocycles. The van der Waals surface area contributed by atoms with Crippen molar-refractivity contribution in [3.8, 4) is 5.75 Å². The van der Waals surface area contributed by atoms with Gasteiger partial charge in [0.25, 0.3) is 0 Å². The minimum absolute atomic E-state index is 0.184. The Balaban J connectivity index is 1.94. The van der Waals surface area contributed by atoms with Crippen LogP contribution in [0.1, 0.15) is 103 Å². The molecule has 28 heavy (non-hydrogen) atoms. The van der Waals surface area contributed by atoms with E-state index in [1.54, 1.807) is 6.08 Å². The molecule has 2 nitrogen and oxygen atoms in total. The lowest BCUT2D eigenvalue weighted by Gasteiger charge is -2.12. The molecule has 0 aliphatic carbocycles. The fourth-order valence-electron chi connectivity index (χ4n) is 3.57. The van der Waals surface area contributed by atoms with E-state index in [1.165, 1.54) is 83.5 Å². The summed E-state index contributed by atoms with van der Waals surface area (Å²) in [5.41, 5.74) is 0. The predicted molar refractivity (Wildman–Crippen MR) is 121 cm³/mol. The first-order valence-corrected chi connectivity index (χ1v) is 11.7. The zero-order valence-electron chi connectivity index (χ0n) is 18.2. The SMILES string of the molecule is C=CC(CCCCCCCCCCCCCCCC)C(=O)Oc1ccccc1. The van der Waals surface area contributed by atoms with Crippen molar-refractivity contribution in [2.24, 2.45) is 5.92 Å². The first kappa shape index (κ1) is 24.5. The van der Waals surface area contributed by atoms with Gasteiger partial charge in [0.05, 0.1) is 5.92 Å². The smallest absolute Gasteiger partial charge is 0.318 e. The van der Waals surface area contributed by atoms with E-state index in [1.807, 2.05) is 30.3 Å². The van der Waals surface area contributed by atoms with Gasteiger partial charge in [-0.15, -0.1) is 6.58 Å². The Labute approximate surface area is 173 Å². The normalized spacial score (nSPS) is 11.9. The van der Waals surface area contributed by atoms with Crippen LogP contribution in [-0.2, 0) is 4.79 Å². The van der Waals surface area contributed by atoms with E-state index in [9.17, 15) is 4.79 Å². The Kier molecular flexibility index (Phi) is 15.3. The number of carbonyl (C=O) groups excluding carboxylic acids is 1. The summed E-state index contributed by atoms with van der Waals surface area (Å²) in [6, 6.07) is 9.28. The van der Waals surface area contributed by atoms with Gasteiger partial charge in [0.1, 0.15) is 5.75 Å². The van der Waals surface area contributed by atoms with Crippen molar-refractivity contribution < 1.29 is 9.53 Å². The largest absolute Gasteiger partial charge is 0.426 e. The van der Waals surface area contributed by atoms with Crippen LogP contribution < -0.4 is 4.74 Å². The molecule has 1 aromatic carbocycles. The molecule has 1 atom stereocenters. The highest BCUT2D eigenvalue weighted by atomic mass is 16.5. The topological polar surface area (TPSA) is 26.3 Å². The molecule has 1 rings (SSSR count). The van der Waals surface area contributed by atoms with Crippen LogP contribution in [0.25, 0.3) is 0 Å². The van der Waals surface area contributed by atoms with Crippen LogP contribution in [-0.4, -0.2) is 5.97 Å². The molecule has 1 unspecified atom stereocenters. The van der Waals surface area contributed by atoms with Gasteiger partial charge in [0, 0.05) is 0 Å². The second-order valence-corrected chi connectivity index (χ2v) is 7.96. The molecule has 158 valence electrons. The highest BCUT2D eigenvalue weighted by molar-refractivity contribution is 5.76. The van der Waals surface area contributed by atoms with E-state index in [0.717, 1.165) is 12.8 Å². The summed E-state index contributed by atoms with van der Waals surface area (Å²) in [5, 5.41) is 0. The van der Waals surface area contributed by atoms with Gasteiger partial charge in [0.15, 0.2) is 0 Å². The van der Waals surface area contributed by atoms with Crippen LogP contribution >= 0.6 is 0 Å². The Hall–Kier alpha value is -1.57. The third-order valence-corrected chi connectivity index (χ3v) is 5.42. The van der Waals surface area contributed by atoms with Crippen LogP contribution in [0.4, 0.5) is 0 Å². The zero-order valence-corrected chi connectivity index (χ0v) is 18.2. The molecule has 0 radical (unpaired) electrons. The Morgan fingerprint density at radius 1 is 0.821 bits per heavy atom.